The number of anilines is 1. The van der Waals surface area contributed by atoms with Crippen LogP contribution in [0.5, 0.6) is 0 Å². The molecule has 6 N–H and O–H groups in total. The van der Waals surface area contributed by atoms with Gasteiger partial charge in [-0.25, -0.2) is 14.9 Å². The monoisotopic (exact) mass is 414 g/mol. The number of aliphatic carboxylic acids is 1. The Kier molecular flexibility index (Phi) is 7.42. The highest BCUT2D eigenvalue weighted by atomic mass is 16.7. The molecule has 2 aromatic carbocycles. The summed E-state index contributed by atoms with van der Waals surface area (Å²) in [4.78, 5) is 37.3. The highest BCUT2D eigenvalue weighted by Gasteiger charge is 2.49. The summed E-state index contributed by atoms with van der Waals surface area (Å²) < 4.78 is 0. The predicted molar refractivity (Wildman–Crippen MR) is 109 cm³/mol. The van der Waals surface area contributed by atoms with E-state index in [1.807, 2.05) is 0 Å². The maximum Gasteiger partial charge on any atom is 0.334 e. The Balaban J connectivity index is 2.46. The van der Waals surface area contributed by atoms with E-state index in [4.69, 9.17) is 11.1 Å². The number of carboxylic acids is 1. The molecule has 30 heavy (non-hydrogen) atoms. The van der Waals surface area contributed by atoms with E-state index < -0.39 is 22.3 Å². The van der Waals surface area contributed by atoms with Gasteiger partial charge in [0, 0.05) is 12.1 Å². The number of hydrogen-bond acceptors (Lipinski definition) is 6. The molecule has 1 atom stereocenters. The third-order valence-electron chi connectivity index (χ3n) is 4.29. The lowest BCUT2D eigenvalue weighted by atomic mass is 9.85. The Labute approximate surface area is 172 Å². The zero-order valence-corrected chi connectivity index (χ0v) is 15.9. The summed E-state index contributed by atoms with van der Waals surface area (Å²) in [6.07, 6.45) is -0.203. The highest BCUT2D eigenvalue weighted by Crippen LogP contribution is 2.23. The summed E-state index contributed by atoms with van der Waals surface area (Å²) in [5.41, 5.74) is 5.37. The number of nitrogens with one attached hydrogen (secondary N) is 3. The average Bonchev–Trinajstić information content (AvgIpc) is 2.73. The van der Waals surface area contributed by atoms with Crippen molar-refractivity contribution in [3.05, 3.63) is 76.3 Å². The third kappa shape index (κ3) is 5.29. The first kappa shape index (κ1) is 22.3. The number of carbonyl (C=O) groups excluding carboxylic acids is 1. The fourth-order valence-electron chi connectivity index (χ4n) is 2.83. The van der Waals surface area contributed by atoms with Gasteiger partial charge < -0.3 is 16.2 Å². The van der Waals surface area contributed by atoms with Gasteiger partial charge in [0.15, 0.2) is 16.8 Å². The van der Waals surface area contributed by atoms with Crippen LogP contribution in [0.1, 0.15) is 23.2 Å². The van der Waals surface area contributed by atoms with Crippen LogP contribution in [-0.4, -0.2) is 39.9 Å². The molecule has 0 saturated heterocycles. The number of ketones is 1. The Hall–Kier alpha value is -3.99. The molecule has 11 heteroatoms. The lowest BCUT2D eigenvalue weighted by Gasteiger charge is -2.31. The van der Waals surface area contributed by atoms with Crippen molar-refractivity contribution >= 4 is 23.4 Å². The second kappa shape index (κ2) is 9.98. The minimum absolute atomic E-state index is 0.0517. The van der Waals surface area contributed by atoms with Crippen LogP contribution in [0.15, 0.2) is 60.7 Å². The van der Waals surface area contributed by atoms with Crippen LogP contribution in [0.2, 0.25) is 0 Å². The van der Waals surface area contributed by atoms with Gasteiger partial charge in [-0.05, 0) is 30.1 Å². The lowest BCUT2D eigenvalue weighted by molar-refractivity contribution is -0.505. The van der Waals surface area contributed by atoms with Crippen molar-refractivity contribution in [3.63, 3.8) is 0 Å². The number of hydrazine groups is 2. The number of benzene rings is 2. The normalized spacial score (nSPS) is 12.4. The fraction of sp³-hybridized carbons (Fsp3) is 0.211. The molecule has 158 valence electrons. The van der Waals surface area contributed by atoms with E-state index in [2.05, 4.69) is 10.7 Å². The van der Waals surface area contributed by atoms with E-state index in [1.165, 1.54) is 24.3 Å². The number of hydrogen-bond donors (Lipinski definition) is 5. The van der Waals surface area contributed by atoms with Crippen LogP contribution in [0.3, 0.4) is 0 Å². The summed E-state index contributed by atoms with van der Waals surface area (Å²) in [5.74, 6) is -2.71. The van der Waals surface area contributed by atoms with Crippen LogP contribution in [0.25, 0.3) is 0 Å². The van der Waals surface area contributed by atoms with Gasteiger partial charge in [0.1, 0.15) is 5.69 Å². The summed E-state index contributed by atoms with van der Waals surface area (Å²) >= 11 is 0. The summed E-state index contributed by atoms with van der Waals surface area (Å²) in [6, 6.07) is 15.2. The number of nitrogens with zero attached hydrogens (tertiary/aromatic N) is 2. The van der Waals surface area contributed by atoms with Crippen LogP contribution < -0.4 is 21.6 Å². The molecule has 11 nitrogen and oxygen atoms in total. The first-order valence-electron chi connectivity index (χ1n) is 8.96. The molecule has 0 saturated carbocycles. The minimum atomic E-state index is -2.33. The van der Waals surface area contributed by atoms with E-state index in [0.717, 1.165) is 0 Å². The second-order valence-electron chi connectivity index (χ2n) is 6.35. The number of rotatable bonds is 11. The molecular formula is C19H22N6O5. The molecule has 0 spiro atoms. The zero-order chi connectivity index (χ0) is 22.1. The van der Waals surface area contributed by atoms with Crippen molar-refractivity contribution in [2.45, 2.75) is 18.4 Å². The smallest absolute Gasteiger partial charge is 0.334 e. The summed E-state index contributed by atoms with van der Waals surface area (Å²) in [7, 11) is 0. The lowest BCUT2D eigenvalue weighted by Crippen LogP contribution is -2.65. The molecule has 2 aromatic rings. The Morgan fingerprint density at radius 2 is 1.70 bits per heavy atom. The van der Waals surface area contributed by atoms with E-state index in [9.17, 15) is 24.8 Å². The van der Waals surface area contributed by atoms with Gasteiger partial charge in [-0.15, -0.1) is 5.43 Å². The quantitative estimate of drug-likeness (QED) is 0.0687. The molecule has 0 aromatic heterocycles. The molecule has 0 aliphatic heterocycles. The van der Waals surface area contributed by atoms with E-state index >= 15 is 0 Å². The van der Waals surface area contributed by atoms with Crippen LogP contribution in [0, 0.1) is 15.5 Å². The molecule has 0 aliphatic carbocycles. The molecule has 0 unspecified atom stereocenters. The number of para-hydroxylation sites is 1. The molecule has 2 rings (SSSR count). The fourth-order valence-corrected chi connectivity index (χ4v) is 2.83. The van der Waals surface area contributed by atoms with Gasteiger partial charge in [0.25, 0.3) is 0 Å². The van der Waals surface area contributed by atoms with Gasteiger partial charge in [0.05, 0.1) is 0 Å². The summed E-state index contributed by atoms with van der Waals surface area (Å²) in [5, 5.41) is 31.0. The van der Waals surface area contributed by atoms with Crippen molar-refractivity contribution < 1.29 is 19.7 Å². The number of carboxylic acid groups (broad SMARTS) is 1. The Morgan fingerprint density at radius 1 is 1.13 bits per heavy atom. The van der Waals surface area contributed by atoms with Crippen molar-refractivity contribution in [1.29, 1.82) is 5.41 Å². The van der Waals surface area contributed by atoms with Gasteiger partial charge in [0.2, 0.25) is 5.54 Å². The van der Waals surface area contributed by atoms with Crippen molar-refractivity contribution in [2.75, 3.05) is 11.7 Å². The molecule has 0 bridgehead atoms. The van der Waals surface area contributed by atoms with Crippen LogP contribution in [-0.2, 0) is 4.79 Å². The van der Waals surface area contributed by atoms with E-state index in [1.54, 1.807) is 36.4 Å². The molecular weight excluding hydrogens is 392 g/mol. The average molecular weight is 414 g/mol. The Morgan fingerprint density at radius 3 is 2.20 bits per heavy atom. The van der Waals surface area contributed by atoms with Crippen LogP contribution >= 0.6 is 0 Å². The molecule has 0 fully saturated rings. The first-order valence-corrected chi connectivity index (χ1v) is 8.96. The number of carbonyl (C=O) groups is 2. The number of Topliss-reactive ketones (excluding diaryl/α,β-unsaturated/α-hetero) is 1. The zero-order valence-electron chi connectivity index (χ0n) is 15.9. The Bertz CT molecular complexity index is 908. The molecule has 0 aliphatic rings. The van der Waals surface area contributed by atoms with E-state index in [-0.39, 0.29) is 36.6 Å². The third-order valence-corrected chi connectivity index (χ3v) is 4.29. The number of nitro groups is 1. The minimum Gasteiger partial charge on any atom is -0.479 e. The maximum atomic E-state index is 13.2. The van der Waals surface area contributed by atoms with Gasteiger partial charge in [-0.1, -0.05) is 48.5 Å². The highest BCUT2D eigenvalue weighted by molar-refractivity contribution is 6.16. The van der Waals surface area contributed by atoms with Gasteiger partial charge in [-0.2, -0.15) is 0 Å². The van der Waals surface area contributed by atoms with Gasteiger partial charge >= 0.3 is 5.97 Å². The van der Waals surface area contributed by atoms with Gasteiger partial charge in [-0.3, -0.25) is 10.2 Å². The van der Waals surface area contributed by atoms with Crippen molar-refractivity contribution in [2.24, 2.45) is 5.73 Å². The second-order valence-corrected chi connectivity index (χ2v) is 6.35. The first-order chi connectivity index (χ1) is 14.3. The molecule has 0 heterocycles. The topological polar surface area (TPSA) is 175 Å². The molecule has 0 radical (unpaired) electrons. The maximum absolute atomic E-state index is 13.2. The molecule has 0 amide bonds. The number of nitrogens with two attached hydrogens (primary N) is 1. The largest absolute Gasteiger partial charge is 0.479 e. The summed E-state index contributed by atoms with van der Waals surface area (Å²) in [6.45, 7) is 0.109. The van der Waals surface area contributed by atoms with Crippen LogP contribution in [0.4, 0.5) is 5.69 Å². The number of guanidine groups is 1. The standard InChI is InChI=1S/C19H22N6O5/c20-18(21)22-13-7-12-19(17(27)28,16(26)14-8-3-1-4-9-14)23-24(25(29)30)15-10-5-2-6-11-15/h1-6,8-11,23H,7,12-13H2,(H,27,28)(H4,20,21,22)/t19-/m0/s1. The van der Waals surface area contributed by atoms with Crippen molar-refractivity contribution in [3.8, 4) is 0 Å². The predicted octanol–water partition coefficient (Wildman–Crippen LogP) is 1.16. The SMILES string of the molecule is N=C(N)NCCC[C@@](NN(c1ccccc1)[N+](=O)[O-])(C(=O)O)C(=O)c1ccccc1. The van der Waals surface area contributed by atoms with E-state index in [0.29, 0.717) is 5.12 Å². The van der Waals surface area contributed by atoms with Crippen molar-refractivity contribution in [1.82, 2.24) is 10.7 Å².